The van der Waals surface area contributed by atoms with Gasteiger partial charge in [0.05, 0.1) is 5.70 Å². The first-order valence-corrected chi connectivity index (χ1v) is 6.35. The number of nitrogens with one attached hydrogen (secondary N) is 1. The van der Waals surface area contributed by atoms with Crippen molar-refractivity contribution < 1.29 is 9.59 Å². The molecule has 0 bridgehead atoms. The maximum Gasteiger partial charge on any atom is 0.255 e. The third-order valence-corrected chi connectivity index (χ3v) is 2.82. The Morgan fingerprint density at radius 2 is 1.55 bits per heavy atom. The number of hydrogen-bond acceptors (Lipinski definition) is 2. The Labute approximate surface area is 117 Å². The van der Waals surface area contributed by atoms with Crippen molar-refractivity contribution >= 4 is 12.2 Å². The number of carbonyl (C=O) groups excluding carboxylic acids is 2. The predicted octanol–water partition coefficient (Wildman–Crippen LogP) is 2.74. The van der Waals surface area contributed by atoms with Crippen molar-refractivity contribution in [3.63, 3.8) is 0 Å². The van der Waals surface area contributed by atoms with Crippen LogP contribution >= 0.6 is 0 Å². The van der Waals surface area contributed by atoms with Crippen LogP contribution in [0.1, 0.15) is 15.9 Å². The second-order valence-electron chi connectivity index (χ2n) is 4.29. The molecule has 2 rings (SSSR count). The second-order valence-corrected chi connectivity index (χ2v) is 4.29. The first kappa shape index (κ1) is 13.7. The zero-order valence-corrected chi connectivity index (χ0v) is 11.0. The van der Waals surface area contributed by atoms with Crippen LogP contribution in [0, 0.1) is 0 Å². The van der Waals surface area contributed by atoms with E-state index in [1.54, 1.807) is 30.3 Å². The van der Waals surface area contributed by atoms with Gasteiger partial charge in [0.1, 0.15) is 0 Å². The van der Waals surface area contributed by atoms with Gasteiger partial charge in [-0.05, 0) is 24.1 Å². The second kappa shape index (κ2) is 7.04. The van der Waals surface area contributed by atoms with E-state index in [4.69, 9.17) is 0 Å². The Balaban J connectivity index is 2.02. The number of hydrogen-bond donors (Lipinski definition) is 1. The quantitative estimate of drug-likeness (QED) is 0.667. The molecular weight excluding hydrogens is 250 g/mol. The smallest absolute Gasteiger partial charge is 0.255 e. The molecule has 1 amide bonds. The number of rotatable bonds is 5. The number of amides is 1. The molecule has 0 saturated carbocycles. The lowest BCUT2D eigenvalue weighted by atomic mass is 10.1. The maximum atomic E-state index is 11.9. The third kappa shape index (κ3) is 3.92. The first-order valence-electron chi connectivity index (χ1n) is 6.35. The molecule has 2 aromatic rings. The van der Waals surface area contributed by atoms with Crippen LogP contribution in [-0.2, 0) is 11.2 Å². The molecule has 0 heterocycles. The van der Waals surface area contributed by atoms with Gasteiger partial charge in [0.25, 0.3) is 5.91 Å². The molecule has 0 saturated heterocycles. The van der Waals surface area contributed by atoms with Gasteiger partial charge in [0, 0.05) is 5.56 Å². The highest BCUT2D eigenvalue weighted by atomic mass is 16.2. The first-order chi connectivity index (χ1) is 9.79. The summed E-state index contributed by atoms with van der Waals surface area (Å²) < 4.78 is 0. The fourth-order valence-electron chi connectivity index (χ4n) is 1.76. The topological polar surface area (TPSA) is 46.2 Å². The molecule has 20 heavy (non-hydrogen) atoms. The largest absolute Gasteiger partial charge is 0.319 e. The van der Waals surface area contributed by atoms with Crippen molar-refractivity contribution in [1.82, 2.24) is 5.32 Å². The summed E-state index contributed by atoms with van der Waals surface area (Å²) in [4.78, 5) is 22.9. The van der Waals surface area contributed by atoms with E-state index in [9.17, 15) is 9.59 Å². The molecule has 0 aliphatic carbocycles. The molecule has 1 N–H and O–H groups in total. The SMILES string of the molecule is O=CC(=CCc1ccccc1)NC(=O)c1ccccc1. The predicted molar refractivity (Wildman–Crippen MR) is 78.2 cm³/mol. The highest BCUT2D eigenvalue weighted by Crippen LogP contribution is 2.03. The molecule has 0 aromatic heterocycles. The summed E-state index contributed by atoms with van der Waals surface area (Å²) in [6.45, 7) is 0. The van der Waals surface area contributed by atoms with Gasteiger partial charge in [0.15, 0.2) is 6.29 Å². The molecule has 0 fully saturated rings. The van der Waals surface area contributed by atoms with Gasteiger partial charge in [-0.1, -0.05) is 54.6 Å². The summed E-state index contributed by atoms with van der Waals surface area (Å²) in [6, 6.07) is 18.6. The molecule has 0 unspecified atom stereocenters. The Morgan fingerprint density at radius 1 is 0.950 bits per heavy atom. The van der Waals surface area contributed by atoms with Crippen LogP contribution in [0.2, 0.25) is 0 Å². The summed E-state index contributed by atoms with van der Waals surface area (Å²) in [5.74, 6) is -0.281. The Bertz CT molecular complexity index is 603. The van der Waals surface area contributed by atoms with Crippen molar-refractivity contribution in [1.29, 1.82) is 0 Å². The van der Waals surface area contributed by atoms with Crippen LogP contribution in [0.4, 0.5) is 0 Å². The lowest BCUT2D eigenvalue weighted by Gasteiger charge is -2.04. The summed E-state index contributed by atoms with van der Waals surface area (Å²) in [5.41, 5.74) is 1.89. The van der Waals surface area contributed by atoms with Gasteiger partial charge in [-0.15, -0.1) is 0 Å². The van der Waals surface area contributed by atoms with Crippen molar-refractivity contribution in [3.05, 3.63) is 83.6 Å². The molecule has 0 aliphatic rings. The third-order valence-electron chi connectivity index (χ3n) is 2.82. The van der Waals surface area contributed by atoms with Crippen LogP contribution < -0.4 is 5.32 Å². The van der Waals surface area contributed by atoms with Gasteiger partial charge >= 0.3 is 0 Å². The number of allylic oxidation sites excluding steroid dienone is 2. The van der Waals surface area contributed by atoms with E-state index in [2.05, 4.69) is 5.32 Å². The molecule has 3 nitrogen and oxygen atoms in total. The van der Waals surface area contributed by atoms with Gasteiger partial charge in [-0.25, -0.2) is 0 Å². The Kier molecular flexibility index (Phi) is 4.84. The minimum Gasteiger partial charge on any atom is -0.319 e. The van der Waals surface area contributed by atoms with E-state index in [1.807, 2.05) is 36.4 Å². The average molecular weight is 265 g/mol. The molecule has 0 spiro atoms. The molecule has 100 valence electrons. The fourth-order valence-corrected chi connectivity index (χ4v) is 1.76. The van der Waals surface area contributed by atoms with Crippen LogP contribution in [0.25, 0.3) is 0 Å². The zero-order valence-electron chi connectivity index (χ0n) is 11.0. The lowest BCUT2D eigenvalue weighted by Crippen LogP contribution is -2.23. The Hall–Kier alpha value is -2.68. The van der Waals surface area contributed by atoms with E-state index in [0.717, 1.165) is 5.56 Å². The Morgan fingerprint density at radius 3 is 2.15 bits per heavy atom. The van der Waals surface area contributed by atoms with Crippen molar-refractivity contribution in [2.75, 3.05) is 0 Å². The van der Waals surface area contributed by atoms with E-state index >= 15 is 0 Å². The van der Waals surface area contributed by atoms with Crippen LogP contribution in [0.5, 0.6) is 0 Å². The number of carbonyl (C=O) groups is 2. The molecular formula is C17H15NO2. The van der Waals surface area contributed by atoms with E-state index < -0.39 is 0 Å². The van der Waals surface area contributed by atoms with E-state index in [-0.39, 0.29) is 11.6 Å². The van der Waals surface area contributed by atoms with Gasteiger partial charge in [-0.3, -0.25) is 9.59 Å². The summed E-state index contributed by atoms with van der Waals surface area (Å²) in [6.07, 6.45) is 2.97. The normalized spacial score (nSPS) is 10.9. The average Bonchev–Trinajstić information content (AvgIpc) is 2.53. The minimum atomic E-state index is -0.281. The van der Waals surface area contributed by atoms with Crippen LogP contribution in [0.3, 0.4) is 0 Å². The molecule has 0 radical (unpaired) electrons. The highest BCUT2D eigenvalue weighted by molar-refractivity contribution is 5.98. The zero-order chi connectivity index (χ0) is 14.2. The van der Waals surface area contributed by atoms with Crippen molar-refractivity contribution in [2.24, 2.45) is 0 Å². The summed E-state index contributed by atoms with van der Waals surface area (Å²) >= 11 is 0. The summed E-state index contributed by atoms with van der Waals surface area (Å²) in [5, 5.41) is 2.61. The van der Waals surface area contributed by atoms with Crippen molar-refractivity contribution in [2.45, 2.75) is 6.42 Å². The molecule has 2 aromatic carbocycles. The lowest BCUT2D eigenvalue weighted by molar-refractivity contribution is -0.105. The summed E-state index contributed by atoms with van der Waals surface area (Å²) in [7, 11) is 0. The minimum absolute atomic E-state index is 0.280. The van der Waals surface area contributed by atoms with E-state index in [1.165, 1.54) is 0 Å². The van der Waals surface area contributed by atoms with Crippen LogP contribution in [-0.4, -0.2) is 12.2 Å². The van der Waals surface area contributed by atoms with Gasteiger partial charge in [0.2, 0.25) is 0 Å². The van der Waals surface area contributed by atoms with Crippen LogP contribution in [0.15, 0.2) is 72.4 Å². The van der Waals surface area contributed by atoms with Gasteiger partial charge in [-0.2, -0.15) is 0 Å². The highest BCUT2D eigenvalue weighted by Gasteiger charge is 2.06. The molecule has 0 aliphatic heterocycles. The number of benzene rings is 2. The standard InChI is InChI=1S/C17H15NO2/c19-13-16(12-11-14-7-3-1-4-8-14)18-17(20)15-9-5-2-6-10-15/h1-10,12-13H,11H2,(H,18,20). The number of aldehydes is 1. The van der Waals surface area contributed by atoms with Crippen molar-refractivity contribution in [3.8, 4) is 0 Å². The molecule has 0 atom stereocenters. The van der Waals surface area contributed by atoms with Gasteiger partial charge < -0.3 is 5.32 Å². The van der Waals surface area contributed by atoms with E-state index in [0.29, 0.717) is 18.3 Å². The maximum absolute atomic E-state index is 11.9. The fraction of sp³-hybridized carbons (Fsp3) is 0.0588. The molecule has 3 heteroatoms. The monoisotopic (exact) mass is 265 g/mol.